The molecule has 1 fully saturated rings. The zero-order chi connectivity index (χ0) is 39.4. The average Bonchev–Trinajstić information content (AvgIpc) is 4.01. The average molecular weight is 807 g/mol. The number of rotatable bonds is 6. The number of hydrogen-bond donors (Lipinski definition) is 4. The summed E-state index contributed by atoms with van der Waals surface area (Å²) in [5, 5.41) is 17.5. The van der Waals surface area contributed by atoms with Crippen LogP contribution >= 0.6 is 34.4 Å². The van der Waals surface area contributed by atoms with Crippen molar-refractivity contribution in [3.63, 3.8) is 0 Å². The highest BCUT2D eigenvalue weighted by atomic mass is 32.2. The molecule has 3 aliphatic heterocycles. The van der Waals surface area contributed by atoms with Gasteiger partial charge in [0.1, 0.15) is 39.5 Å². The minimum absolute atomic E-state index is 0.00581. The first-order chi connectivity index (χ1) is 26.3. The number of benzene rings is 1. The van der Waals surface area contributed by atoms with E-state index in [9.17, 15) is 24.0 Å². The number of nitrogens with zero attached hydrogens (tertiary/aromatic N) is 4. The van der Waals surface area contributed by atoms with Crippen molar-refractivity contribution in [2.45, 2.75) is 103 Å². The summed E-state index contributed by atoms with van der Waals surface area (Å²) in [4.78, 5) is 85.2. The van der Waals surface area contributed by atoms with E-state index in [1.807, 2.05) is 71.9 Å². The predicted molar refractivity (Wildman–Crippen MR) is 216 cm³/mol. The summed E-state index contributed by atoms with van der Waals surface area (Å²) >= 11 is 4.02. The second-order valence-electron chi connectivity index (χ2n) is 15.1. The van der Waals surface area contributed by atoms with Crippen LogP contribution in [0.25, 0.3) is 0 Å². The molecule has 5 amide bonds. The Labute approximate surface area is 334 Å². The smallest absolute Gasteiger partial charge is 0.271 e. The first-order valence-electron chi connectivity index (χ1n) is 19.0. The van der Waals surface area contributed by atoms with Crippen LogP contribution in [-0.4, -0.2) is 85.9 Å². The molecule has 1 aromatic carbocycles. The molecule has 6 bridgehead atoms. The van der Waals surface area contributed by atoms with E-state index in [-0.39, 0.29) is 52.8 Å². The summed E-state index contributed by atoms with van der Waals surface area (Å²) in [6.45, 7) is 12.1. The number of aromatic nitrogens is 2. The largest absolute Gasteiger partial charge is 0.345 e. The Morgan fingerprint density at radius 2 is 1.40 bits per heavy atom. The molecular formula is C39H50N8O5S3. The van der Waals surface area contributed by atoms with E-state index in [0.29, 0.717) is 46.6 Å². The van der Waals surface area contributed by atoms with Crippen LogP contribution in [0, 0.1) is 17.8 Å². The molecule has 0 spiro atoms. The molecule has 0 saturated carbocycles. The fourth-order valence-corrected chi connectivity index (χ4v) is 10.1. The third kappa shape index (κ3) is 9.29. The van der Waals surface area contributed by atoms with Gasteiger partial charge in [0, 0.05) is 23.1 Å². The van der Waals surface area contributed by atoms with Crippen molar-refractivity contribution < 1.29 is 24.0 Å². The molecule has 0 radical (unpaired) electrons. The number of thioether (sulfide) groups is 1. The van der Waals surface area contributed by atoms with E-state index >= 15 is 0 Å². The summed E-state index contributed by atoms with van der Waals surface area (Å²) < 4.78 is 0. The van der Waals surface area contributed by atoms with Crippen LogP contribution < -0.4 is 21.3 Å². The molecule has 55 heavy (non-hydrogen) atoms. The van der Waals surface area contributed by atoms with Crippen molar-refractivity contribution in [3.05, 3.63) is 68.1 Å². The van der Waals surface area contributed by atoms with Crippen LogP contribution in [0.15, 0.2) is 46.1 Å². The van der Waals surface area contributed by atoms with Crippen molar-refractivity contribution in [1.29, 1.82) is 0 Å². The first-order valence-corrected chi connectivity index (χ1v) is 21.8. The van der Waals surface area contributed by atoms with E-state index in [2.05, 4.69) is 26.3 Å². The number of thiazole rings is 2. The van der Waals surface area contributed by atoms with Gasteiger partial charge in [-0.1, -0.05) is 78.3 Å². The highest BCUT2D eigenvalue weighted by Crippen LogP contribution is 2.31. The summed E-state index contributed by atoms with van der Waals surface area (Å²) in [6, 6.07) is 5.99. The van der Waals surface area contributed by atoms with Crippen LogP contribution in [0.3, 0.4) is 0 Å². The van der Waals surface area contributed by atoms with E-state index in [1.165, 1.54) is 34.4 Å². The molecule has 13 nitrogen and oxygen atoms in total. The minimum atomic E-state index is -0.889. The Kier molecular flexibility index (Phi) is 13.1. The van der Waals surface area contributed by atoms with Gasteiger partial charge in [-0.05, 0) is 42.6 Å². The van der Waals surface area contributed by atoms with Gasteiger partial charge in [-0.15, -0.1) is 34.4 Å². The molecule has 5 heterocycles. The molecular weight excluding hydrogens is 757 g/mol. The number of amides is 5. The second-order valence-corrected chi connectivity index (χ2v) is 18.0. The monoisotopic (exact) mass is 806 g/mol. The van der Waals surface area contributed by atoms with Crippen molar-refractivity contribution in [2.24, 2.45) is 22.7 Å². The van der Waals surface area contributed by atoms with Gasteiger partial charge >= 0.3 is 0 Å². The molecule has 1 saturated heterocycles. The lowest BCUT2D eigenvalue weighted by Gasteiger charge is -2.31. The van der Waals surface area contributed by atoms with E-state index < -0.39 is 42.2 Å². The maximum Gasteiger partial charge on any atom is 0.271 e. The van der Waals surface area contributed by atoms with Gasteiger partial charge in [0.15, 0.2) is 0 Å². The van der Waals surface area contributed by atoms with Crippen molar-refractivity contribution in [2.75, 3.05) is 12.3 Å². The molecule has 3 aliphatic rings. The SMILES string of the molecule is CC[C@H](C)[C@H]1NC(=O)[C@@H]2CSC(=N2)[C@H](Cc2ccccc2)NC(=O)c2csc(n2)[C@H](C(C)C)NC(=O)[C@@H]2CCCN2C(=O)[C@H](C(C)C)NC(=O)c2csc1n2. The molecule has 6 rings (SSSR count). The number of carbonyl (C=O) groups is 5. The van der Waals surface area contributed by atoms with Crippen LogP contribution in [0.5, 0.6) is 0 Å². The summed E-state index contributed by atoms with van der Waals surface area (Å²) in [5.74, 6) is -1.71. The Hall–Kier alpha value is -4.15. The summed E-state index contributed by atoms with van der Waals surface area (Å²) in [7, 11) is 0. The lowest BCUT2D eigenvalue weighted by atomic mass is 9.99. The second kappa shape index (κ2) is 17.8. The molecule has 0 aliphatic carbocycles. The maximum atomic E-state index is 14.1. The highest BCUT2D eigenvalue weighted by Gasteiger charge is 2.40. The number of nitrogens with one attached hydrogen (secondary N) is 4. The maximum absolute atomic E-state index is 14.1. The summed E-state index contributed by atoms with van der Waals surface area (Å²) in [5.41, 5.74) is 1.38. The molecule has 0 unspecified atom stereocenters. The number of fused-ring (bicyclic) bond motifs is 6. The fourth-order valence-electron chi connectivity index (χ4n) is 6.97. The van der Waals surface area contributed by atoms with Crippen LogP contribution in [-0.2, 0) is 20.8 Å². The molecule has 16 heteroatoms. The number of carbonyl (C=O) groups excluding carboxylic acids is 5. The third-order valence-electron chi connectivity index (χ3n) is 10.4. The van der Waals surface area contributed by atoms with E-state index in [4.69, 9.17) is 9.98 Å². The Bertz CT molecular complexity index is 1910. The van der Waals surface area contributed by atoms with Crippen molar-refractivity contribution in [1.82, 2.24) is 36.1 Å². The summed E-state index contributed by atoms with van der Waals surface area (Å²) in [6.07, 6.45) is 2.33. The molecule has 294 valence electrons. The predicted octanol–water partition coefficient (Wildman–Crippen LogP) is 4.93. The van der Waals surface area contributed by atoms with Gasteiger partial charge < -0.3 is 26.2 Å². The molecule has 3 aromatic rings. The number of hydrogen-bond acceptors (Lipinski definition) is 11. The van der Waals surface area contributed by atoms with Crippen molar-refractivity contribution in [3.8, 4) is 0 Å². The Balaban J connectivity index is 1.37. The standard InChI is InChI=1S/C39H50N8O5S3/c1-7-22(6)31-38-43-27(19-55-38)33(49)45-30(21(4)5)39(52)47-15-11-14-28(47)35(51)44-29(20(2)3)37-42-25(18-54-37)32(48)40-24(16-23-12-9-8-10-13-23)36-41-26(17-53-36)34(50)46-31/h8-10,12-13,18-22,24,26,28-31H,7,11,14-17H2,1-6H3,(H,40,48)(H,44,51)(H,45,49)(H,46,50)/t22-,24-,26-,28-,29-,30-,31+/m0/s1. The van der Waals surface area contributed by atoms with E-state index in [1.54, 1.807) is 15.7 Å². The minimum Gasteiger partial charge on any atom is -0.345 e. The van der Waals surface area contributed by atoms with Crippen LogP contribution in [0.2, 0.25) is 0 Å². The molecule has 2 aromatic heterocycles. The third-order valence-corrected chi connectivity index (χ3v) is 13.5. The molecule has 7 atom stereocenters. The Morgan fingerprint density at radius 3 is 2.04 bits per heavy atom. The Morgan fingerprint density at radius 1 is 0.782 bits per heavy atom. The number of aliphatic imine (C=N–C) groups is 1. The van der Waals surface area contributed by atoms with Crippen LogP contribution in [0.4, 0.5) is 0 Å². The van der Waals surface area contributed by atoms with Gasteiger partial charge in [0.25, 0.3) is 11.8 Å². The fraction of sp³-hybridized carbons (Fsp3) is 0.538. The zero-order valence-corrected chi connectivity index (χ0v) is 34.5. The highest BCUT2D eigenvalue weighted by molar-refractivity contribution is 8.14. The van der Waals surface area contributed by atoms with Gasteiger partial charge in [0.05, 0.1) is 23.2 Å². The van der Waals surface area contributed by atoms with E-state index in [0.717, 1.165) is 12.0 Å². The normalized spacial score (nSPS) is 26.1. The zero-order valence-electron chi connectivity index (χ0n) is 32.0. The first kappa shape index (κ1) is 40.5. The topological polar surface area (TPSA) is 175 Å². The van der Waals surface area contributed by atoms with Gasteiger partial charge in [-0.25, -0.2) is 9.97 Å². The lowest BCUT2D eigenvalue weighted by Crippen LogP contribution is -2.55. The van der Waals surface area contributed by atoms with Gasteiger partial charge in [0.2, 0.25) is 17.7 Å². The lowest BCUT2D eigenvalue weighted by molar-refractivity contribution is -0.141. The quantitative estimate of drug-likeness (QED) is 0.271. The van der Waals surface area contributed by atoms with Gasteiger partial charge in [-0.3, -0.25) is 29.0 Å². The van der Waals surface area contributed by atoms with Crippen LogP contribution in [0.1, 0.15) is 109 Å². The van der Waals surface area contributed by atoms with Gasteiger partial charge in [-0.2, -0.15) is 0 Å². The van der Waals surface area contributed by atoms with Crippen molar-refractivity contribution >= 4 is 69.0 Å². The molecule has 4 N–H and O–H groups in total.